The van der Waals surface area contributed by atoms with Crippen molar-refractivity contribution in [1.29, 1.82) is 0 Å². The van der Waals surface area contributed by atoms with E-state index in [4.69, 9.17) is 0 Å². The van der Waals surface area contributed by atoms with Gasteiger partial charge in [0.25, 0.3) is 5.91 Å². The van der Waals surface area contributed by atoms with Gasteiger partial charge in [-0.1, -0.05) is 6.07 Å². The molecule has 7 nitrogen and oxygen atoms in total. The van der Waals surface area contributed by atoms with E-state index in [9.17, 15) is 22.4 Å². The molecule has 1 aromatic carbocycles. The van der Waals surface area contributed by atoms with Crippen molar-refractivity contribution in [3.05, 3.63) is 52.5 Å². The molecule has 1 saturated heterocycles. The van der Waals surface area contributed by atoms with Crippen molar-refractivity contribution in [3.63, 3.8) is 0 Å². The molecule has 0 radical (unpaired) electrons. The van der Waals surface area contributed by atoms with E-state index in [1.165, 1.54) is 27.8 Å². The Labute approximate surface area is 173 Å². The molecule has 0 unspecified atom stereocenters. The molecule has 156 valence electrons. The summed E-state index contributed by atoms with van der Waals surface area (Å²) in [7, 11) is -3.73. The maximum Gasteiger partial charge on any atom is 0.261 e. The fourth-order valence-electron chi connectivity index (χ4n) is 3.08. The summed E-state index contributed by atoms with van der Waals surface area (Å²) < 4.78 is 39.9. The Balaban J connectivity index is 1.51. The quantitative estimate of drug-likeness (QED) is 0.745. The summed E-state index contributed by atoms with van der Waals surface area (Å²) in [6.07, 6.45) is 0.662. The first-order valence-electron chi connectivity index (χ1n) is 9.23. The molecule has 1 aliphatic rings. The minimum absolute atomic E-state index is 0.0370. The Kier molecular flexibility index (Phi) is 6.99. The van der Waals surface area contributed by atoms with Crippen LogP contribution in [-0.2, 0) is 14.8 Å². The molecule has 2 aromatic rings. The molecule has 29 heavy (non-hydrogen) atoms. The topological polar surface area (TPSA) is 86.8 Å². The molecular weight excluding hydrogens is 417 g/mol. The van der Waals surface area contributed by atoms with Crippen molar-refractivity contribution in [2.45, 2.75) is 17.7 Å². The van der Waals surface area contributed by atoms with Crippen molar-refractivity contribution in [2.24, 2.45) is 0 Å². The summed E-state index contributed by atoms with van der Waals surface area (Å²) in [5.41, 5.74) is 0. The van der Waals surface area contributed by atoms with Gasteiger partial charge in [0, 0.05) is 39.1 Å². The molecule has 3 rings (SSSR count). The van der Waals surface area contributed by atoms with E-state index in [2.05, 4.69) is 5.32 Å². The Morgan fingerprint density at radius 1 is 1.07 bits per heavy atom. The number of nitrogens with one attached hydrogen (secondary N) is 1. The Bertz CT molecular complexity index is 946. The first-order valence-corrected chi connectivity index (χ1v) is 11.5. The van der Waals surface area contributed by atoms with E-state index in [0.29, 0.717) is 24.4 Å². The fourth-order valence-corrected chi connectivity index (χ4v) is 5.18. The number of halogens is 1. The number of hydrogen-bond donors (Lipinski definition) is 1. The fraction of sp³-hybridized carbons (Fsp3) is 0.368. The summed E-state index contributed by atoms with van der Waals surface area (Å²) in [4.78, 5) is 26.6. The first kappa shape index (κ1) is 21.4. The smallest absolute Gasteiger partial charge is 0.261 e. The lowest BCUT2D eigenvalue weighted by Gasteiger charge is -2.22. The van der Waals surface area contributed by atoms with Crippen LogP contribution in [0.3, 0.4) is 0 Å². The lowest BCUT2D eigenvalue weighted by molar-refractivity contribution is -0.130. The second-order valence-electron chi connectivity index (χ2n) is 6.58. The molecule has 1 aliphatic heterocycles. The maximum absolute atomic E-state index is 13.1. The molecule has 0 bridgehead atoms. The summed E-state index contributed by atoms with van der Waals surface area (Å²) in [6, 6.07) is 8.22. The van der Waals surface area contributed by atoms with Gasteiger partial charge < -0.3 is 10.2 Å². The number of amides is 2. The monoisotopic (exact) mass is 439 g/mol. The van der Waals surface area contributed by atoms with Gasteiger partial charge in [-0.3, -0.25) is 9.59 Å². The minimum atomic E-state index is -3.73. The number of rotatable bonds is 6. The molecule has 2 heterocycles. The van der Waals surface area contributed by atoms with Gasteiger partial charge in [0.2, 0.25) is 15.9 Å². The molecule has 1 N–H and O–H groups in total. The lowest BCUT2D eigenvalue weighted by Crippen LogP contribution is -2.38. The van der Waals surface area contributed by atoms with E-state index in [1.807, 2.05) is 5.38 Å². The number of hydrogen-bond acceptors (Lipinski definition) is 5. The standard InChI is InChI=1S/C19H22FN3O4S2/c20-15-4-6-16(7-5-15)29(26,27)23-11-2-10-22(12-13-23)18(24)8-9-21-19(25)17-3-1-14-28-17/h1,3-7,14H,2,8-13H2,(H,21,25). The Morgan fingerprint density at radius 2 is 1.83 bits per heavy atom. The highest BCUT2D eigenvalue weighted by Gasteiger charge is 2.28. The highest BCUT2D eigenvalue weighted by Crippen LogP contribution is 2.18. The Morgan fingerprint density at radius 3 is 2.52 bits per heavy atom. The summed E-state index contributed by atoms with van der Waals surface area (Å²) in [5.74, 6) is -0.833. The predicted octanol–water partition coefficient (Wildman–Crippen LogP) is 1.93. The Hall–Kier alpha value is -2.30. The molecule has 0 spiro atoms. The first-order chi connectivity index (χ1) is 13.9. The van der Waals surface area contributed by atoms with Crippen molar-refractivity contribution in [1.82, 2.24) is 14.5 Å². The molecule has 0 aliphatic carbocycles. The van der Waals surface area contributed by atoms with E-state index >= 15 is 0 Å². The van der Waals surface area contributed by atoms with Gasteiger partial charge >= 0.3 is 0 Å². The average molecular weight is 440 g/mol. The van der Waals surface area contributed by atoms with Crippen molar-refractivity contribution < 1.29 is 22.4 Å². The lowest BCUT2D eigenvalue weighted by atomic mass is 10.3. The third-order valence-corrected chi connectivity index (χ3v) is 7.41. The zero-order valence-electron chi connectivity index (χ0n) is 15.7. The average Bonchev–Trinajstić information content (AvgIpc) is 3.12. The van der Waals surface area contributed by atoms with Crippen LogP contribution < -0.4 is 5.32 Å². The predicted molar refractivity (Wildman–Crippen MR) is 108 cm³/mol. The van der Waals surface area contributed by atoms with E-state index in [0.717, 1.165) is 12.1 Å². The van der Waals surface area contributed by atoms with Gasteiger partial charge in [0.15, 0.2) is 0 Å². The molecule has 1 aromatic heterocycles. The van der Waals surface area contributed by atoms with Crippen LogP contribution in [0.5, 0.6) is 0 Å². The molecule has 0 atom stereocenters. The van der Waals surface area contributed by atoms with Crippen molar-refractivity contribution >= 4 is 33.2 Å². The van der Waals surface area contributed by atoms with Crippen LogP contribution in [0.15, 0.2) is 46.7 Å². The second-order valence-corrected chi connectivity index (χ2v) is 9.46. The zero-order chi connectivity index (χ0) is 20.9. The van der Waals surface area contributed by atoms with E-state index < -0.39 is 15.8 Å². The highest BCUT2D eigenvalue weighted by atomic mass is 32.2. The number of sulfonamides is 1. The molecule has 2 amide bonds. The summed E-state index contributed by atoms with van der Waals surface area (Å²) in [6.45, 7) is 1.42. The van der Waals surface area contributed by atoms with Crippen LogP contribution in [0.2, 0.25) is 0 Å². The number of carbonyl (C=O) groups excluding carboxylic acids is 2. The van der Waals surface area contributed by atoms with Gasteiger partial charge in [0.05, 0.1) is 9.77 Å². The van der Waals surface area contributed by atoms with Gasteiger partial charge in [0.1, 0.15) is 5.82 Å². The summed E-state index contributed by atoms with van der Waals surface area (Å²) >= 11 is 1.33. The van der Waals surface area contributed by atoms with Crippen LogP contribution in [0, 0.1) is 5.82 Å². The van der Waals surface area contributed by atoms with Crippen LogP contribution >= 0.6 is 11.3 Å². The van der Waals surface area contributed by atoms with Gasteiger partial charge in [-0.15, -0.1) is 11.3 Å². The third kappa shape index (κ3) is 5.40. The van der Waals surface area contributed by atoms with Crippen LogP contribution in [-0.4, -0.2) is 62.2 Å². The minimum Gasteiger partial charge on any atom is -0.351 e. The number of nitrogens with zero attached hydrogens (tertiary/aromatic N) is 2. The van der Waals surface area contributed by atoms with E-state index in [-0.39, 0.29) is 42.8 Å². The van der Waals surface area contributed by atoms with Crippen LogP contribution in [0.1, 0.15) is 22.5 Å². The maximum atomic E-state index is 13.1. The SMILES string of the molecule is O=C(NCCC(=O)N1CCCN(S(=O)(=O)c2ccc(F)cc2)CC1)c1cccs1. The summed E-state index contributed by atoms with van der Waals surface area (Å²) in [5, 5.41) is 4.53. The number of benzene rings is 1. The number of carbonyl (C=O) groups is 2. The number of thiophene rings is 1. The molecule has 10 heteroatoms. The molecule has 0 saturated carbocycles. The van der Waals surface area contributed by atoms with Gasteiger partial charge in [-0.05, 0) is 42.1 Å². The molecular formula is C19H22FN3O4S2. The zero-order valence-corrected chi connectivity index (χ0v) is 17.3. The van der Waals surface area contributed by atoms with Crippen LogP contribution in [0.25, 0.3) is 0 Å². The van der Waals surface area contributed by atoms with Gasteiger partial charge in [-0.25, -0.2) is 12.8 Å². The normalized spacial score (nSPS) is 15.7. The molecule has 1 fully saturated rings. The largest absolute Gasteiger partial charge is 0.351 e. The van der Waals surface area contributed by atoms with Crippen molar-refractivity contribution in [2.75, 3.05) is 32.7 Å². The third-order valence-electron chi connectivity index (χ3n) is 4.63. The van der Waals surface area contributed by atoms with E-state index in [1.54, 1.807) is 17.0 Å². The highest BCUT2D eigenvalue weighted by molar-refractivity contribution is 7.89. The second kappa shape index (κ2) is 9.47. The van der Waals surface area contributed by atoms with Crippen LogP contribution in [0.4, 0.5) is 4.39 Å². The van der Waals surface area contributed by atoms with Gasteiger partial charge in [-0.2, -0.15) is 4.31 Å². The van der Waals surface area contributed by atoms with Crippen molar-refractivity contribution in [3.8, 4) is 0 Å².